The number of benzene rings is 2. The molecule has 2 aromatic rings. The number of carbonyl (C=O) groups excluding carboxylic acids is 1. The molecule has 2 rings (SSSR count). The van der Waals surface area contributed by atoms with Gasteiger partial charge >= 0.3 is 0 Å². The number of methoxy groups -OCH3 is 2. The van der Waals surface area contributed by atoms with Crippen LogP contribution in [0.5, 0.6) is 11.5 Å². The van der Waals surface area contributed by atoms with Gasteiger partial charge in [0.25, 0.3) is 15.9 Å². The van der Waals surface area contributed by atoms with Crippen LogP contribution in [-0.2, 0) is 10.0 Å². The van der Waals surface area contributed by atoms with Crippen LogP contribution in [0.2, 0.25) is 0 Å². The van der Waals surface area contributed by atoms with Gasteiger partial charge in [-0.15, -0.1) is 0 Å². The molecule has 0 spiro atoms. The highest BCUT2D eigenvalue weighted by Gasteiger charge is 2.24. The van der Waals surface area contributed by atoms with Crippen molar-refractivity contribution in [3.05, 3.63) is 47.8 Å². The van der Waals surface area contributed by atoms with Crippen molar-refractivity contribution in [1.29, 1.82) is 0 Å². The molecule has 0 bridgehead atoms. The Kier molecular flexibility index (Phi) is 6.62. The highest BCUT2D eigenvalue weighted by atomic mass is 32.2. The van der Waals surface area contributed by atoms with Gasteiger partial charge in [-0.2, -0.15) is 0 Å². The highest BCUT2D eigenvalue weighted by molar-refractivity contribution is 7.92. The van der Waals surface area contributed by atoms with Gasteiger partial charge in [-0.3, -0.25) is 9.52 Å². The summed E-state index contributed by atoms with van der Waals surface area (Å²) in [5.41, 5.74) is -0.205. The second kappa shape index (κ2) is 8.72. The smallest absolute Gasteiger partial charge is 0.262 e. The van der Waals surface area contributed by atoms with E-state index >= 15 is 0 Å². The van der Waals surface area contributed by atoms with Gasteiger partial charge in [-0.05, 0) is 24.6 Å². The molecular formula is C18H21FN2O5S. The summed E-state index contributed by atoms with van der Waals surface area (Å²) < 4.78 is 51.8. The Morgan fingerprint density at radius 2 is 1.85 bits per heavy atom. The number of nitrogens with one attached hydrogen (secondary N) is 2. The second-order valence-electron chi connectivity index (χ2n) is 5.55. The lowest BCUT2D eigenvalue weighted by Crippen LogP contribution is -2.25. The van der Waals surface area contributed by atoms with E-state index in [0.717, 1.165) is 12.1 Å². The molecule has 0 aromatic heterocycles. The van der Waals surface area contributed by atoms with E-state index in [1.165, 1.54) is 38.5 Å². The van der Waals surface area contributed by atoms with Crippen molar-refractivity contribution < 1.29 is 27.1 Å². The summed E-state index contributed by atoms with van der Waals surface area (Å²) in [6.07, 6.45) is 0.706. The van der Waals surface area contributed by atoms with Crippen LogP contribution in [0.25, 0.3) is 0 Å². The molecule has 0 radical (unpaired) electrons. The van der Waals surface area contributed by atoms with E-state index in [2.05, 4.69) is 10.0 Å². The highest BCUT2D eigenvalue weighted by Crippen LogP contribution is 2.35. The van der Waals surface area contributed by atoms with E-state index in [1.54, 1.807) is 0 Å². The molecule has 146 valence electrons. The lowest BCUT2D eigenvalue weighted by atomic mass is 10.1. The second-order valence-corrected chi connectivity index (χ2v) is 7.23. The molecule has 0 fully saturated rings. The van der Waals surface area contributed by atoms with E-state index in [1.807, 2.05) is 6.92 Å². The van der Waals surface area contributed by atoms with Gasteiger partial charge in [-0.25, -0.2) is 12.8 Å². The molecule has 0 unspecified atom stereocenters. The zero-order valence-electron chi connectivity index (χ0n) is 15.2. The summed E-state index contributed by atoms with van der Waals surface area (Å²) in [7, 11) is -1.50. The number of rotatable bonds is 8. The Morgan fingerprint density at radius 3 is 2.44 bits per heavy atom. The minimum Gasteiger partial charge on any atom is -0.493 e. The molecule has 0 aliphatic carbocycles. The van der Waals surface area contributed by atoms with Crippen LogP contribution >= 0.6 is 0 Å². The number of sulfonamides is 1. The van der Waals surface area contributed by atoms with E-state index in [4.69, 9.17) is 9.47 Å². The molecule has 0 aliphatic rings. The fourth-order valence-electron chi connectivity index (χ4n) is 2.34. The topological polar surface area (TPSA) is 93.7 Å². The van der Waals surface area contributed by atoms with Crippen LogP contribution in [0.4, 0.5) is 10.1 Å². The first-order valence-electron chi connectivity index (χ1n) is 8.15. The number of para-hydroxylation sites is 1. The van der Waals surface area contributed by atoms with Crippen molar-refractivity contribution in [1.82, 2.24) is 5.32 Å². The maximum atomic E-state index is 13.8. The normalized spacial score (nSPS) is 11.0. The molecule has 0 atom stereocenters. The molecular weight excluding hydrogens is 375 g/mol. The molecule has 2 aromatic carbocycles. The maximum Gasteiger partial charge on any atom is 0.262 e. The molecule has 9 heteroatoms. The summed E-state index contributed by atoms with van der Waals surface area (Å²) in [4.78, 5) is 12.2. The van der Waals surface area contributed by atoms with Gasteiger partial charge in [0.15, 0.2) is 11.5 Å². The minimum atomic E-state index is -4.18. The third-order valence-corrected chi connectivity index (χ3v) is 5.01. The first-order chi connectivity index (χ1) is 12.8. The van der Waals surface area contributed by atoms with Crippen molar-refractivity contribution in [3.8, 4) is 11.5 Å². The Balaban J connectivity index is 2.52. The SMILES string of the molecule is CCCNC(=O)c1cc(S(=O)(=O)Nc2ccccc2F)cc(OC)c1OC. The van der Waals surface area contributed by atoms with E-state index in [0.29, 0.717) is 13.0 Å². The van der Waals surface area contributed by atoms with Crippen LogP contribution in [0, 0.1) is 5.82 Å². The first-order valence-corrected chi connectivity index (χ1v) is 9.64. The number of halogens is 1. The lowest BCUT2D eigenvalue weighted by Gasteiger charge is -2.16. The van der Waals surface area contributed by atoms with Crippen LogP contribution in [0.3, 0.4) is 0 Å². The van der Waals surface area contributed by atoms with Gasteiger partial charge in [0.2, 0.25) is 0 Å². The standard InChI is InChI=1S/C18H21FN2O5S/c1-4-9-20-18(22)13-10-12(11-16(25-2)17(13)26-3)27(23,24)21-15-8-6-5-7-14(15)19/h5-8,10-11,21H,4,9H2,1-3H3,(H,20,22). The Morgan fingerprint density at radius 1 is 1.15 bits per heavy atom. The number of anilines is 1. The third-order valence-electron chi connectivity index (χ3n) is 3.66. The van der Waals surface area contributed by atoms with Gasteiger partial charge in [0.05, 0.1) is 30.4 Å². The summed E-state index contributed by atoms with van der Waals surface area (Å²) >= 11 is 0. The van der Waals surface area contributed by atoms with Gasteiger partial charge in [0.1, 0.15) is 5.82 Å². The molecule has 7 nitrogen and oxygen atoms in total. The lowest BCUT2D eigenvalue weighted by molar-refractivity contribution is 0.0949. The van der Waals surface area contributed by atoms with Gasteiger partial charge in [0, 0.05) is 12.6 Å². The quantitative estimate of drug-likeness (QED) is 0.716. The molecule has 0 saturated carbocycles. The Labute approximate surface area is 157 Å². The molecule has 0 aliphatic heterocycles. The third kappa shape index (κ3) is 4.68. The van der Waals surface area contributed by atoms with Crippen molar-refractivity contribution in [2.24, 2.45) is 0 Å². The van der Waals surface area contributed by atoms with Crippen molar-refractivity contribution in [2.75, 3.05) is 25.5 Å². The number of ether oxygens (including phenoxy) is 2. The first kappa shape index (κ1) is 20.5. The van der Waals surface area contributed by atoms with Gasteiger partial charge < -0.3 is 14.8 Å². The van der Waals surface area contributed by atoms with Crippen molar-refractivity contribution in [3.63, 3.8) is 0 Å². The number of amides is 1. The predicted molar refractivity (Wildman–Crippen MR) is 99.4 cm³/mol. The summed E-state index contributed by atoms with van der Waals surface area (Å²) in [5, 5.41) is 2.66. The predicted octanol–water partition coefficient (Wildman–Crippen LogP) is 2.78. The minimum absolute atomic E-state index is 0.000733. The summed E-state index contributed by atoms with van der Waals surface area (Å²) in [6.45, 7) is 2.30. The van der Waals surface area contributed by atoms with E-state index < -0.39 is 21.7 Å². The Bertz CT molecular complexity index is 931. The van der Waals surface area contributed by atoms with Crippen LogP contribution in [0.15, 0.2) is 41.3 Å². The van der Waals surface area contributed by atoms with Crippen LogP contribution in [0.1, 0.15) is 23.7 Å². The fourth-order valence-corrected chi connectivity index (χ4v) is 3.45. The molecule has 1 amide bonds. The number of hydrogen-bond donors (Lipinski definition) is 2. The molecule has 0 heterocycles. The van der Waals surface area contributed by atoms with Gasteiger partial charge in [-0.1, -0.05) is 19.1 Å². The molecule has 27 heavy (non-hydrogen) atoms. The number of hydrogen-bond acceptors (Lipinski definition) is 5. The molecule has 2 N–H and O–H groups in total. The van der Waals surface area contributed by atoms with Crippen LogP contribution in [-0.4, -0.2) is 35.1 Å². The molecule has 0 saturated heterocycles. The van der Waals surface area contributed by atoms with Crippen molar-refractivity contribution >= 4 is 21.6 Å². The van der Waals surface area contributed by atoms with Crippen molar-refractivity contribution in [2.45, 2.75) is 18.2 Å². The average molecular weight is 396 g/mol. The zero-order chi connectivity index (χ0) is 20.0. The van der Waals surface area contributed by atoms with E-state index in [9.17, 15) is 17.6 Å². The fraction of sp³-hybridized carbons (Fsp3) is 0.278. The average Bonchev–Trinajstić information content (AvgIpc) is 2.66. The van der Waals surface area contributed by atoms with E-state index in [-0.39, 0.29) is 27.6 Å². The monoisotopic (exact) mass is 396 g/mol. The maximum absolute atomic E-state index is 13.8. The van der Waals surface area contributed by atoms with Crippen LogP contribution < -0.4 is 19.5 Å². The zero-order valence-corrected chi connectivity index (χ0v) is 16.0. The number of carbonyl (C=O) groups is 1. The largest absolute Gasteiger partial charge is 0.493 e. The Hall–Kier alpha value is -2.81. The summed E-state index contributed by atoms with van der Waals surface area (Å²) in [5.74, 6) is -1.05. The summed E-state index contributed by atoms with van der Waals surface area (Å²) in [6, 6.07) is 7.74.